The average Bonchev–Trinajstić information content (AvgIpc) is 2.25. The van der Waals surface area contributed by atoms with Crippen LogP contribution in [0.1, 0.15) is 20.3 Å². The van der Waals surface area contributed by atoms with Crippen LogP contribution in [0, 0.1) is 0 Å². The number of amides is 1. The van der Waals surface area contributed by atoms with E-state index in [4.69, 9.17) is 18.0 Å². The highest BCUT2D eigenvalue weighted by Gasteiger charge is 2.25. The lowest BCUT2D eigenvalue weighted by Gasteiger charge is -2.34. The van der Waals surface area contributed by atoms with Gasteiger partial charge in [-0.1, -0.05) is 12.2 Å². The molecule has 0 rings (SSSR count). The third-order valence-corrected chi connectivity index (χ3v) is 3.12. The average molecular weight is 261 g/mol. The number of nitrogens with zero attached hydrogens (tertiary/aromatic N) is 2. The van der Waals surface area contributed by atoms with Gasteiger partial charge in [0.05, 0.1) is 18.1 Å². The molecule has 0 aromatic heterocycles. The molecule has 0 bridgehead atoms. The summed E-state index contributed by atoms with van der Waals surface area (Å²) in [6.45, 7) is 4.57. The summed E-state index contributed by atoms with van der Waals surface area (Å²) in [5.74, 6) is -0.00900. The van der Waals surface area contributed by atoms with Crippen LogP contribution < -0.4 is 5.73 Å². The van der Waals surface area contributed by atoms with Crippen molar-refractivity contribution in [2.75, 3.05) is 33.8 Å². The Hall–Kier alpha value is -0.720. The smallest absolute Gasteiger partial charge is 0.236 e. The van der Waals surface area contributed by atoms with Gasteiger partial charge in [0.1, 0.15) is 0 Å². The van der Waals surface area contributed by atoms with Gasteiger partial charge in [-0.25, -0.2) is 0 Å². The molecular formula is C11H23N3O2S. The highest BCUT2D eigenvalue weighted by atomic mass is 32.1. The fraction of sp³-hybridized carbons (Fsp3) is 0.818. The molecule has 5 nitrogen and oxygen atoms in total. The first kappa shape index (κ1) is 16.3. The van der Waals surface area contributed by atoms with E-state index in [1.165, 1.54) is 0 Å². The molecule has 0 unspecified atom stereocenters. The summed E-state index contributed by atoms with van der Waals surface area (Å²) >= 11 is 4.76. The Morgan fingerprint density at radius 1 is 1.41 bits per heavy atom. The zero-order chi connectivity index (χ0) is 13.6. The Kier molecular flexibility index (Phi) is 6.59. The number of hydrogen-bond acceptors (Lipinski definition) is 4. The number of aliphatic hydroxyl groups excluding tert-OH is 1. The molecule has 0 aromatic carbocycles. The summed E-state index contributed by atoms with van der Waals surface area (Å²) in [4.78, 5) is 15.7. The minimum Gasteiger partial charge on any atom is -0.394 e. The maximum Gasteiger partial charge on any atom is 0.236 e. The van der Waals surface area contributed by atoms with Crippen molar-refractivity contribution in [1.29, 1.82) is 0 Å². The molecule has 0 fully saturated rings. The topological polar surface area (TPSA) is 69.8 Å². The Morgan fingerprint density at radius 2 is 1.94 bits per heavy atom. The third kappa shape index (κ3) is 5.95. The van der Waals surface area contributed by atoms with Crippen LogP contribution in [0.3, 0.4) is 0 Å². The summed E-state index contributed by atoms with van der Waals surface area (Å²) in [6, 6.07) is 0. The van der Waals surface area contributed by atoms with E-state index in [1.807, 2.05) is 25.8 Å². The summed E-state index contributed by atoms with van der Waals surface area (Å²) in [5, 5.41) is 9.19. The number of likely N-dealkylation sites (N-methyl/N-ethyl adjacent to an activating group) is 2. The molecule has 1 amide bonds. The van der Waals surface area contributed by atoms with Crippen molar-refractivity contribution in [3.63, 3.8) is 0 Å². The normalized spacial score (nSPS) is 11.6. The first-order valence-electron chi connectivity index (χ1n) is 5.55. The van der Waals surface area contributed by atoms with Gasteiger partial charge in [-0.2, -0.15) is 0 Å². The molecule has 0 spiro atoms. The van der Waals surface area contributed by atoms with E-state index in [-0.39, 0.29) is 19.1 Å². The summed E-state index contributed by atoms with van der Waals surface area (Å²) in [7, 11) is 3.54. The fourth-order valence-corrected chi connectivity index (χ4v) is 1.15. The van der Waals surface area contributed by atoms with Gasteiger partial charge in [-0.05, 0) is 20.9 Å². The molecule has 0 aliphatic rings. The lowest BCUT2D eigenvalue weighted by Crippen LogP contribution is -2.49. The largest absolute Gasteiger partial charge is 0.394 e. The molecule has 0 aliphatic carbocycles. The lowest BCUT2D eigenvalue weighted by atomic mass is 10.1. The van der Waals surface area contributed by atoms with Crippen LogP contribution in [0.2, 0.25) is 0 Å². The van der Waals surface area contributed by atoms with E-state index in [1.54, 1.807) is 11.9 Å². The van der Waals surface area contributed by atoms with E-state index < -0.39 is 5.54 Å². The van der Waals surface area contributed by atoms with E-state index in [9.17, 15) is 9.90 Å². The third-order valence-electron chi connectivity index (χ3n) is 2.91. The minimum atomic E-state index is -0.403. The number of carbonyl (C=O) groups is 1. The highest BCUT2D eigenvalue weighted by Crippen LogP contribution is 2.10. The van der Waals surface area contributed by atoms with Gasteiger partial charge in [-0.3, -0.25) is 9.69 Å². The molecule has 0 saturated carbocycles. The van der Waals surface area contributed by atoms with Gasteiger partial charge >= 0.3 is 0 Å². The molecule has 0 radical (unpaired) electrons. The predicted molar refractivity (Wildman–Crippen MR) is 72.8 cm³/mol. The molecular weight excluding hydrogens is 238 g/mol. The maximum absolute atomic E-state index is 11.8. The second-order valence-electron chi connectivity index (χ2n) is 4.86. The van der Waals surface area contributed by atoms with Gasteiger partial charge < -0.3 is 15.7 Å². The van der Waals surface area contributed by atoms with Crippen molar-refractivity contribution in [3.8, 4) is 0 Å². The molecule has 17 heavy (non-hydrogen) atoms. The van der Waals surface area contributed by atoms with Gasteiger partial charge in [0.15, 0.2) is 0 Å². The second-order valence-corrected chi connectivity index (χ2v) is 5.38. The van der Waals surface area contributed by atoms with Crippen LogP contribution >= 0.6 is 12.2 Å². The first-order valence-corrected chi connectivity index (χ1v) is 5.96. The second kappa shape index (κ2) is 6.88. The molecule has 0 atom stereocenters. The Balaban J connectivity index is 4.20. The van der Waals surface area contributed by atoms with Crippen LogP contribution in [-0.4, -0.2) is 65.1 Å². The van der Waals surface area contributed by atoms with Gasteiger partial charge in [0, 0.05) is 25.6 Å². The number of aliphatic hydroxyl groups is 1. The van der Waals surface area contributed by atoms with E-state index in [0.29, 0.717) is 18.0 Å². The van der Waals surface area contributed by atoms with E-state index in [0.717, 1.165) is 0 Å². The summed E-state index contributed by atoms with van der Waals surface area (Å²) in [6.07, 6.45) is 0.532. The minimum absolute atomic E-state index is 0.00732. The van der Waals surface area contributed by atoms with Crippen molar-refractivity contribution in [3.05, 3.63) is 0 Å². The summed E-state index contributed by atoms with van der Waals surface area (Å²) < 4.78 is 0. The van der Waals surface area contributed by atoms with Crippen molar-refractivity contribution in [2.45, 2.75) is 25.8 Å². The van der Waals surface area contributed by atoms with E-state index in [2.05, 4.69) is 0 Å². The van der Waals surface area contributed by atoms with Crippen LogP contribution in [0.25, 0.3) is 0 Å². The number of carbonyl (C=O) groups excluding carboxylic acids is 1. The van der Waals surface area contributed by atoms with Gasteiger partial charge in [0.2, 0.25) is 5.91 Å². The van der Waals surface area contributed by atoms with Crippen LogP contribution in [0.5, 0.6) is 0 Å². The van der Waals surface area contributed by atoms with Crippen molar-refractivity contribution in [2.24, 2.45) is 5.73 Å². The Labute approximate surface area is 109 Å². The fourth-order valence-electron chi connectivity index (χ4n) is 1.06. The van der Waals surface area contributed by atoms with Crippen molar-refractivity contribution < 1.29 is 9.90 Å². The molecule has 0 aliphatic heterocycles. The number of thiocarbonyl (C=S) groups is 1. The van der Waals surface area contributed by atoms with Crippen LogP contribution in [0.4, 0.5) is 0 Å². The maximum atomic E-state index is 11.8. The highest BCUT2D eigenvalue weighted by molar-refractivity contribution is 7.80. The Bertz CT molecular complexity index is 282. The van der Waals surface area contributed by atoms with Gasteiger partial charge in [-0.15, -0.1) is 0 Å². The number of nitrogens with two attached hydrogens (primary N) is 1. The van der Waals surface area contributed by atoms with Crippen LogP contribution in [-0.2, 0) is 4.79 Å². The first-order chi connectivity index (χ1) is 7.70. The molecule has 6 heteroatoms. The monoisotopic (exact) mass is 261 g/mol. The van der Waals surface area contributed by atoms with Gasteiger partial charge in [0.25, 0.3) is 0 Å². The SMILES string of the molecule is CN(CCC(N)=S)C(=O)CN(C)C(C)(C)CO. The molecule has 3 N–H and O–H groups in total. The molecule has 0 aromatic rings. The molecule has 0 heterocycles. The lowest BCUT2D eigenvalue weighted by molar-refractivity contribution is -0.132. The molecule has 0 saturated heterocycles. The number of hydrogen-bond donors (Lipinski definition) is 2. The predicted octanol–water partition coefficient (Wildman–Crippen LogP) is -0.176. The van der Waals surface area contributed by atoms with Crippen molar-refractivity contribution >= 4 is 23.1 Å². The standard InChI is InChI=1S/C11H23N3O2S/c1-11(2,8-15)14(4)7-10(16)13(3)6-5-9(12)17/h15H,5-8H2,1-4H3,(H2,12,17). The molecule has 100 valence electrons. The quantitative estimate of drug-likeness (QED) is 0.622. The summed E-state index contributed by atoms with van der Waals surface area (Å²) in [5.41, 5.74) is 4.98. The van der Waals surface area contributed by atoms with Crippen LogP contribution in [0.15, 0.2) is 0 Å². The van der Waals surface area contributed by atoms with Crippen molar-refractivity contribution in [1.82, 2.24) is 9.80 Å². The Morgan fingerprint density at radius 3 is 2.35 bits per heavy atom. The van der Waals surface area contributed by atoms with E-state index >= 15 is 0 Å². The number of rotatable bonds is 7. The zero-order valence-corrected chi connectivity index (χ0v) is 11.9. The zero-order valence-electron chi connectivity index (χ0n) is 11.1.